The van der Waals surface area contributed by atoms with Crippen LogP contribution in [0.3, 0.4) is 0 Å². The number of benzene rings is 3. The molecule has 214 valence electrons. The average Bonchev–Trinajstić information content (AvgIpc) is 3.52. The van der Waals surface area contributed by atoms with Crippen LogP contribution in [-0.2, 0) is 29.0 Å². The van der Waals surface area contributed by atoms with Gasteiger partial charge in [0, 0.05) is 46.9 Å². The molecule has 0 saturated heterocycles. The van der Waals surface area contributed by atoms with Gasteiger partial charge in [0.2, 0.25) is 0 Å². The number of fused-ring (bicyclic) bond motifs is 1. The molecule has 0 aliphatic rings. The minimum absolute atomic E-state index is 0.0624. The SMILES string of the molecule is Cc1sc(-c2ccccc2)nc1CCOc1ccc(C=Cc2cccc3c2c(CC(=O)O)cn3CCCC(=O)O)cc1. The number of carbonyl (C=O) groups is 2. The fraction of sp³-hybridized carbons (Fsp3) is 0.206. The average molecular weight is 581 g/mol. The predicted octanol–water partition coefficient (Wildman–Crippen LogP) is 7.36. The van der Waals surface area contributed by atoms with Gasteiger partial charge < -0.3 is 19.5 Å². The van der Waals surface area contributed by atoms with Crippen LogP contribution in [0.4, 0.5) is 0 Å². The minimum Gasteiger partial charge on any atom is -0.493 e. The van der Waals surface area contributed by atoms with Gasteiger partial charge in [-0.3, -0.25) is 9.59 Å². The van der Waals surface area contributed by atoms with Crippen molar-refractivity contribution in [2.75, 3.05) is 6.61 Å². The molecule has 2 N–H and O–H groups in total. The van der Waals surface area contributed by atoms with Gasteiger partial charge in [-0.05, 0) is 48.2 Å². The lowest BCUT2D eigenvalue weighted by Crippen LogP contribution is -2.02. The number of rotatable bonds is 13. The molecule has 0 fully saturated rings. The smallest absolute Gasteiger partial charge is 0.307 e. The van der Waals surface area contributed by atoms with Crippen molar-refractivity contribution < 1.29 is 24.5 Å². The molecular weight excluding hydrogens is 548 g/mol. The van der Waals surface area contributed by atoms with Crippen molar-refractivity contribution >= 4 is 46.3 Å². The van der Waals surface area contributed by atoms with E-state index in [9.17, 15) is 14.7 Å². The summed E-state index contributed by atoms with van der Waals surface area (Å²) < 4.78 is 7.96. The van der Waals surface area contributed by atoms with E-state index in [1.54, 1.807) is 11.3 Å². The highest BCUT2D eigenvalue weighted by Crippen LogP contribution is 2.29. The Hall–Kier alpha value is -4.69. The summed E-state index contributed by atoms with van der Waals surface area (Å²) in [4.78, 5) is 28.5. The Labute approximate surface area is 248 Å². The summed E-state index contributed by atoms with van der Waals surface area (Å²) in [6.07, 6.45) is 6.97. The van der Waals surface area contributed by atoms with Crippen LogP contribution in [0.1, 0.15) is 40.1 Å². The number of hydrogen-bond acceptors (Lipinski definition) is 5. The molecule has 8 heteroatoms. The molecule has 0 saturated carbocycles. The van der Waals surface area contributed by atoms with E-state index in [1.807, 2.05) is 83.6 Å². The van der Waals surface area contributed by atoms with Gasteiger partial charge in [-0.2, -0.15) is 0 Å². The largest absolute Gasteiger partial charge is 0.493 e. The summed E-state index contributed by atoms with van der Waals surface area (Å²) in [7, 11) is 0. The summed E-state index contributed by atoms with van der Waals surface area (Å²) in [5.41, 5.74) is 5.70. The van der Waals surface area contributed by atoms with Crippen molar-refractivity contribution in [1.82, 2.24) is 9.55 Å². The maximum atomic E-state index is 11.6. The van der Waals surface area contributed by atoms with E-state index in [2.05, 4.69) is 19.1 Å². The Kier molecular flexibility index (Phi) is 9.14. The highest BCUT2D eigenvalue weighted by Gasteiger charge is 2.14. The van der Waals surface area contributed by atoms with Crippen molar-refractivity contribution in [2.45, 2.75) is 39.2 Å². The zero-order valence-electron chi connectivity index (χ0n) is 23.3. The third-order valence-electron chi connectivity index (χ3n) is 7.00. The van der Waals surface area contributed by atoms with Crippen LogP contribution in [0, 0.1) is 6.92 Å². The number of aliphatic carboxylic acids is 2. The van der Waals surface area contributed by atoms with Gasteiger partial charge in [0.25, 0.3) is 0 Å². The molecule has 0 amide bonds. The first kappa shape index (κ1) is 28.8. The predicted molar refractivity (Wildman–Crippen MR) is 167 cm³/mol. The van der Waals surface area contributed by atoms with Crippen molar-refractivity contribution in [2.24, 2.45) is 0 Å². The molecular formula is C34H32N2O5S. The molecule has 0 aliphatic heterocycles. The van der Waals surface area contributed by atoms with Gasteiger partial charge >= 0.3 is 11.9 Å². The van der Waals surface area contributed by atoms with Gasteiger partial charge in [-0.15, -0.1) is 11.3 Å². The number of ether oxygens (including phenoxy) is 1. The lowest BCUT2D eigenvalue weighted by atomic mass is 10.0. The maximum absolute atomic E-state index is 11.6. The normalized spacial score (nSPS) is 11.4. The number of carboxylic acid groups (broad SMARTS) is 2. The molecule has 42 heavy (non-hydrogen) atoms. The quantitative estimate of drug-likeness (QED) is 0.141. The maximum Gasteiger partial charge on any atom is 0.307 e. The molecule has 0 spiro atoms. The minimum atomic E-state index is -0.907. The van der Waals surface area contributed by atoms with Crippen molar-refractivity contribution in [3.63, 3.8) is 0 Å². The fourth-order valence-corrected chi connectivity index (χ4v) is 5.95. The van der Waals surface area contributed by atoms with E-state index in [1.165, 1.54) is 4.88 Å². The van der Waals surface area contributed by atoms with Crippen molar-refractivity contribution in [3.05, 3.63) is 106 Å². The molecule has 3 aromatic carbocycles. The second kappa shape index (κ2) is 13.3. The van der Waals surface area contributed by atoms with Crippen LogP contribution in [0.25, 0.3) is 33.6 Å². The van der Waals surface area contributed by atoms with Gasteiger partial charge in [-0.1, -0.05) is 66.7 Å². The topological polar surface area (TPSA) is 102 Å². The fourth-order valence-electron chi connectivity index (χ4n) is 4.98. The third-order valence-corrected chi connectivity index (χ3v) is 8.07. The van der Waals surface area contributed by atoms with Crippen LogP contribution in [-0.4, -0.2) is 38.3 Å². The van der Waals surface area contributed by atoms with Crippen molar-refractivity contribution in [3.8, 4) is 16.3 Å². The van der Waals surface area contributed by atoms with Gasteiger partial charge in [0.15, 0.2) is 0 Å². The lowest BCUT2D eigenvalue weighted by Gasteiger charge is -2.06. The number of hydrogen-bond donors (Lipinski definition) is 2. The van der Waals surface area contributed by atoms with Gasteiger partial charge in [0.05, 0.1) is 18.7 Å². The first-order valence-electron chi connectivity index (χ1n) is 13.8. The molecule has 2 heterocycles. The van der Waals surface area contributed by atoms with E-state index in [0.717, 1.165) is 50.5 Å². The molecule has 0 radical (unpaired) electrons. The van der Waals surface area contributed by atoms with E-state index < -0.39 is 11.9 Å². The molecule has 0 unspecified atom stereocenters. The van der Waals surface area contributed by atoms with Crippen LogP contribution in [0.15, 0.2) is 79.0 Å². The summed E-state index contributed by atoms with van der Waals surface area (Å²) >= 11 is 1.70. The molecule has 0 atom stereocenters. The lowest BCUT2D eigenvalue weighted by molar-refractivity contribution is -0.137. The van der Waals surface area contributed by atoms with E-state index >= 15 is 0 Å². The van der Waals surface area contributed by atoms with Gasteiger partial charge in [0.1, 0.15) is 10.8 Å². The van der Waals surface area contributed by atoms with Crippen LogP contribution in [0.5, 0.6) is 5.75 Å². The Bertz CT molecular complexity index is 1720. The Morgan fingerprint density at radius 3 is 2.48 bits per heavy atom. The van der Waals surface area contributed by atoms with Crippen LogP contribution < -0.4 is 4.74 Å². The second-order valence-electron chi connectivity index (χ2n) is 10.0. The molecule has 0 bridgehead atoms. The van der Waals surface area contributed by atoms with Crippen molar-refractivity contribution in [1.29, 1.82) is 0 Å². The Morgan fingerprint density at radius 1 is 0.952 bits per heavy atom. The summed E-state index contributed by atoms with van der Waals surface area (Å²) in [6.45, 7) is 3.14. The summed E-state index contributed by atoms with van der Waals surface area (Å²) in [6, 6.07) is 23.9. The van der Waals surface area contributed by atoms with E-state index in [4.69, 9.17) is 14.8 Å². The van der Waals surface area contributed by atoms with Crippen LogP contribution >= 0.6 is 11.3 Å². The second-order valence-corrected chi connectivity index (χ2v) is 11.2. The molecule has 5 aromatic rings. The summed E-state index contributed by atoms with van der Waals surface area (Å²) in [5.74, 6) is -0.965. The number of nitrogens with zero attached hydrogens (tertiary/aromatic N) is 2. The third kappa shape index (κ3) is 7.14. The van der Waals surface area contributed by atoms with Crippen LogP contribution in [0.2, 0.25) is 0 Å². The Morgan fingerprint density at radius 2 is 1.74 bits per heavy atom. The first-order valence-corrected chi connectivity index (χ1v) is 14.7. The molecule has 0 aliphatic carbocycles. The summed E-state index contributed by atoms with van der Waals surface area (Å²) in [5, 5.41) is 20.4. The standard InChI is InChI=1S/C34H32N2O5S/c1-23-29(35-34(42-23)26-7-3-2-4-8-26)18-20-41-28-16-13-24(14-17-28)12-15-25-9-5-10-30-33(25)27(21-32(39)40)22-36(30)19-6-11-31(37)38/h2-5,7-10,12-17,22H,6,11,18-21H2,1H3,(H,37,38)(H,39,40). The number of aromatic nitrogens is 2. The molecule has 5 rings (SSSR count). The number of aryl methyl sites for hydroxylation is 2. The zero-order valence-corrected chi connectivity index (χ0v) is 24.1. The molecule has 2 aromatic heterocycles. The monoisotopic (exact) mass is 580 g/mol. The highest BCUT2D eigenvalue weighted by atomic mass is 32.1. The van der Waals surface area contributed by atoms with E-state index in [-0.39, 0.29) is 12.8 Å². The highest BCUT2D eigenvalue weighted by molar-refractivity contribution is 7.15. The Balaban J connectivity index is 1.25. The van der Waals surface area contributed by atoms with Gasteiger partial charge in [-0.25, -0.2) is 4.98 Å². The first-order chi connectivity index (χ1) is 20.4. The number of carboxylic acids is 2. The van der Waals surface area contributed by atoms with E-state index in [0.29, 0.717) is 25.1 Å². The number of thiazole rings is 1. The molecule has 7 nitrogen and oxygen atoms in total. The zero-order chi connectivity index (χ0) is 29.5.